The lowest BCUT2D eigenvalue weighted by Crippen LogP contribution is -2.54. The lowest BCUT2D eigenvalue weighted by Gasteiger charge is -2.41. The number of fused-ring (bicyclic) bond motifs is 1. The number of nitrogens with one attached hydrogen (secondary N) is 1. The van der Waals surface area contributed by atoms with Gasteiger partial charge in [-0.25, -0.2) is 9.78 Å². The van der Waals surface area contributed by atoms with E-state index in [1.165, 1.54) is 27.7 Å². The number of aromatic amines is 1. The van der Waals surface area contributed by atoms with E-state index < -0.39 is 17.9 Å². The molecule has 0 bridgehead atoms. The van der Waals surface area contributed by atoms with Gasteiger partial charge in [0, 0.05) is 55.2 Å². The second-order valence-electron chi connectivity index (χ2n) is 11.5. The predicted molar refractivity (Wildman–Crippen MR) is 185 cm³/mol. The molecule has 1 aliphatic rings. The van der Waals surface area contributed by atoms with Crippen molar-refractivity contribution < 1.29 is 24.2 Å². The standard InChI is InChI=1S/C37H37N5O5S/c1-3-47-37(46)30-15-10-18-38-34(30)48-42(36(45)32-24-28-23-29(43)16-17-31(28)39-32)25(2)35(44)41-21-19-40(20-22-41)33(26-11-6-4-7-12-26)27-13-8-5-9-14-27/h4-18,23-25,33,39,43H,3,19-22H2,1-2H3/t25-/m1/s1. The Balaban J connectivity index is 1.25. The first-order valence-electron chi connectivity index (χ1n) is 15.9. The summed E-state index contributed by atoms with van der Waals surface area (Å²) in [4.78, 5) is 52.8. The maximum atomic E-state index is 14.2. The minimum Gasteiger partial charge on any atom is -0.508 e. The Hall–Kier alpha value is -5.13. The lowest BCUT2D eigenvalue weighted by atomic mass is 9.96. The topological polar surface area (TPSA) is 119 Å². The highest BCUT2D eigenvalue weighted by atomic mass is 32.2. The number of rotatable bonds is 10. The zero-order valence-electron chi connectivity index (χ0n) is 26.8. The number of ether oxygens (including phenoxy) is 1. The van der Waals surface area contributed by atoms with Crippen LogP contribution < -0.4 is 0 Å². The summed E-state index contributed by atoms with van der Waals surface area (Å²) in [5.74, 6) is -1.18. The summed E-state index contributed by atoms with van der Waals surface area (Å²) in [6.45, 7) is 5.84. The van der Waals surface area contributed by atoms with Crippen molar-refractivity contribution in [2.75, 3.05) is 32.8 Å². The Bertz CT molecular complexity index is 1850. The maximum absolute atomic E-state index is 14.2. The number of aromatic hydroxyl groups is 1. The number of carbonyl (C=O) groups is 3. The van der Waals surface area contributed by atoms with E-state index in [1.54, 1.807) is 49.1 Å². The first kappa shape index (κ1) is 32.8. The number of hydrogen-bond donors (Lipinski definition) is 2. The maximum Gasteiger partial charge on any atom is 0.340 e. The number of H-pyrrole nitrogens is 1. The number of pyridine rings is 1. The molecular weight excluding hydrogens is 627 g/mol. The van der Waals surface area contributed by atoms with Crippen molar-refractivity contribution >= 4 is 40.6 Å². The zero-order valence-corrected chi connectivity index (χ0v) is 27.6. The van der Waals surface area contributed by atoms with Crippen molar-refractivity contribution in [3.05, 3.63) is 126 Å². The monoisotopic (exact) mass is 663 g/mol. The van der Waals surface area contributed by atoms with Gasteiger partial charge in [-0.05, 0) is 61.4 Å². The van der Waals surface area contributed by atoms with Gasteiger partial charge in [0.2, 0.25) is 5.91 Å². The molecular formula is C37H37N5O5S. The largest absolute Gasteiger partial charge is 0.508 e. The highest BCUT2D eigenvalue weighted by Crippen LogP contribution is 2.32. The van der Waals surface area contributed by atoms with Crippen molar-refractivity contribution in [3.8, 4) is 5.75 Å². The summed E-state index contributed by atoms with van der Waals surface area (Å²) in [6.07, 6.45) is 1.53. The van der Waals surface area contributed by atoms with E-state index in [2.05, 4.69) is 39.1 Å². The minimum atomic E-state index is -0.912. The molecule has 10 nitrogen and oxygen atoms in total. The lowest BCUT2D eigenvalue weighted by molar-refractivity contribution is -0.136. The molecule has 2 aromatic heterocycles. The molecule has 0 saturated carbocycles. The van der Waals surface area contributed by atoms with Crippen LogP contribution >= 0.6 is 11.9 Å². The average Bonchev–Trinajstić information content (AvgIpc) is 3.55. The van der Waals surface area contributed by atoms with Gasteiger partial charge in [-0.1, -0.05) is 60.7 Å². The number of piperazine rings is 1. The molecule has 0 radical (unpaired) electrons. The Kier molecular flexibility index (Phi) is 10.1. The summed E-state index contributed by atoms with van der Waals surface area (Å²) >= 11 is 0.931. The molecule has 1 saturated heterocycles. The number of benzene rings is 3. The molecule has 0 unspecified atom stereocenters. The van der Waals surface area contributed by atoms with Crippen LogP contribution in [0.3, 0.4) is 0 Å². The van der Waals surface area contributed by atoms with E-state index in [4.69, 9.17) is 4.74 Å². The highest BCUT2D eigenvalue weighted by Gasteiger charge is 2.36. The van der Waals surface area contributed by atoms with Crippen LogP contribution in [0.2, 0.25) is 0 Å². The molecule has 1 atom stereocenters. The number of amides is 2. The van der Waals surface area contributed by atoms with Crippen molar-refractivity contribution in [2.24, 2.45) is 0 Å². The van der Waals surface area contributed by atoms with E-state index in [1.807, 2.05) is 36.4 Å². The predicted octanol–water partition coefficient (Wildman–Crippen LogP) is 5.92. The SMILES string of the molecule is CCOC(=O)c1cccnc1SN(C(=O)c1cc2cc(O)ccc2[nH]1)[C@H](C)C(=O)N1CCN(C(c2ccccc2)c2ccccc2)CC1. The summed E-state index contributed by atoms with van der Waals surface area (Å²) < 4.78 is 6.60. The summed E-state index contributed by atoms with van der Waals surface area (Å²) in [7, 11) is 0. The van der Waals surface area contributed by atoms with Crippen molar-refractivity contribution in [2.45, 2.75) is 31.0 Å². The molecule has 3 aromatic carbocycles. The van der Waals surface area contributed by atoms with Gasteiger partial charge in [0.25, 0.3) is 5.91 Å². The first-order valence-corrected chi connectivity index (χ1v) is 16.7. The third kappa shape index (κ3) is 7.07. The van der Waals surface area contributed by atoms with Crippen LogP contribution in [0.25, 0.3) is 10.9 Å². The molecule has 2 N–H and O–H groups in total. The summed E-state index contributed by atoms with van der Waals surface area (Å²) in [6, 6.07) is 29.5. The third-order valence-corrected chi connectivity index (χ3v) is 9.59. The molecule has 11 heteroatoms. The number of nitrogens with zero attached hydrogens (tertiary/aromatic N) is 4. The van der Waals surface area contributed by atoms with Gasteiger partial charge in [-0.3, -0.25) is 18.8 Å². The van der Waals surface area contributed by atoms with Crippen LogP contribution in [0.15, 0.2) is 108 Å². The van der Waals surface area contributed by atoms with Crippen molar-refractivity contribution in [3.63, 3.8) is 0 Å². The first-order chi connectivity index (χ1) is 23.3. The van der Waals surface area contributed by atoms with E-state index in [0.29, 0.717) is 37.1 Å². The molecule has 1 aliphatic heterocycles. The van der Waals surface area contributed by atoms with E-state index >= 15 is 0 Å². The number of esters is 1. The highest BCUT2D eigenvalue weighted by molar-refractivity contribution is 7.97. The van der Waals surface area contributed by atoms with Crippen LogP contribution in [0.1, 0.15) is 51.9 Å². The molecule has 5 aromatic rings. The molecule has 246 valence electrons. The molecule has 3 heterocycles. The van der Waals surface area contributed by atoms with Crippen LogP contribution in [0, 0.1) is 0 Å². The van der Waals surface area contributed by atoms with E-state index in [0.717, 1.165) is 11.9 Å². The normalized spacial score (nSPS) is 14.2. The number of carbonyl (C=O) groups excluding carboxylic acids is 3. The molecule has 0 spiro atoms. The molecule has 48 heavy (non-hydrogen) atoms. The second-order valence-corrected chi connectivity index (χ2v) is 12.5. The van der Waals surface area contributed by atoms with Gasteiger partial charge in [-0.2, -0.15) is 0 Å². The Morgan fingerprint density at radius 2 is 1.58 bits per heavy atom. The summed E-state index contributed by atoms with van der Waals surface area (Å²) in [5.41, 5.74) is 3.46. The van der Waals surface area contributed by atoms with Crippen molar-refractivity contribution in [1.29, 1.82) is 0 Å². The quantitative estimate of drug-likeness (QED) is 0.140. The Morgan fingerprint density at radius 3 is 2.23 bits per heavy atom. The Morgan fingerprint density at radius 1 is 0.917 bits per heavy atom. The number of phenols is 1. The van der Waals surface area contributed by atoms with Gasteiger partial charge in [0.15, 0.2) is 0 Å². The number of hydrogen-bond acceptors (Lipinski definition) is 8. The van der Waals surface area contributed by atoms with Crippen LogP contribution in [0.4, 0.5) is 0 Å². The number of aromatic nitrogens is 2. The number of phenolic OH excluding ortho intramolecular Hbond substituents is 1. The van der Waals surface area contributed by atoms with E-state index in [-0.39, 0.29) is 40.6 Å². The fraction of sp³-hybridized carbons (Fsp3) is 0.243. The van der Waals surface area contributed by atoms with Gasteiger partial charge >= 0.3 is 5.97 Å². The van der Waals surface area contributed by atoms with Crippen LogP contribution in [0.5, 0.6) is 5.75 Å². The van der Waals surface area contributed by atoms with Crippen LogP contribution in [-0.4, -0.2) is 85.8 Å². The minimum absolute atomic E-state index is 0.0441. The second kappa shape index (κ2) is 14.7. The van der Waals surface area contributed by atoms with Gasteiger partial charge in [-0.15, -0.1) is 0 Å². The van der Waals surface area contributed by atoms with E-state index in [9.17, 15) is 19.5 Å². The molecule has 1 fully saturated rings. The zero-order chi connectivity index (χ0) is 33.6. The Labute approximate surface area is 283 Å². The average molecular weight is 664 g/mol. The smallest absolute Gasteiger partial charge is 0.340 e. The molecule has 6 rings (SSSR count). The van der Waals surface area contributed by atoms with Crippen LogP contribution in [-0.2, 0) is 9.53 Å². The fourth-order valence-corrected chi connectivity index (χ4v) is 6.99. The van der Waals surface area contributed by atoms with Crippen molar-refractivity contribution in [1.82, 2.24) is 24.1 Å². The fourth-order valence-electron chi connectivity index (χ4n) is 6.02. The van der Waals surface area contributed by atoms with Gasteiger partial charge < -0.3 is 19.7 Å². The molecule has 0 aliphatic carbocycles. The third-order valence-electron chi connectivity index (χ3n) is 8.42. The molecule has 2 amide bonds. The van der Waals surface area contributed by atoms with Gasteiger partial charge in [0.05, 0.1) is 18.2 Å². The summed E-state index contributed by atoms with van der Waals surface area (Å²) in [5, 5.41) is 10.9. The van der Waals surface area contributed by atoms with Gasteiger partial charge in [0.1, 0.15) is 22.5 Å².